The number of fused-ring (bicyclic) bond motifs is 2. The number of likely N-dealkylation sites (tertiary alicyclic amines) is 1. The van der Waals surface area contributed by atoms with E-state index >= 15 is 0 Å². The van der Waals surface area contributed by atoms with E-state index in [0.29, 0.717) is 6.42 Å². The number of primary amides is 1. The Labute approximate surface area is 122 Å². The number of carbonyl (C=O) groups is 1. The number of carbonyl (C=O) groups excluding carboxylic acids is 1. The Bertz CT molecular complexity index is 345. The summed E-state index contributed by atoms with van der Waals surface area (Å²) in [4.78, 5) is 16.3. The number of unbranched alkanes of at least 4 members (excludes halogenated alkanes) is 1. The van der Waals surface area contributed by atoms with Gasteiger partial charge in [-0.05, 0) is 65.6 Å². The van der Waals surface area contributed by atoms with Gasteiger partial charge >= 0.3 is 0 Å². The normalized spacial score (nSPS) is 30.9. The highest BCUT2D eigenvalue weighted by Gasteiger charge is 2.34. The first-order valence-electron chi connectivity index (χ1n) is 7.93. The minimum atomic E-state index is -0.849. The van der Waals surface area contributed by atoms with Crippen LogP contribution in [0.3, 0.4) is 0 Å². The minimum absolute atomic E-state index is 0.397. The van der Waals surface area contributed by atoms with Crippen LogP contribution < -0.4 is 11.5 Å². The average Bonchev–Trinajstić information content (AvgIpc) is 2.61. The smallest absolute Gasteiger partial charge is 0.237 e. The van der Waals surface area contributed by atoms with Crippen molar-refractivity contribution >= 4 is 5.91 Å². The summed E-state index contributed by atoms with van der Waals surface area (Å²) in [6.45, 7) is 5.25. The molecule has 0 spiro atoms. The fraction of sp³-hybridized carbons (Fsp3) is 0.933. The molecule has 2 heterocycles. The van der Waals surface area contributed by atoms with Crippen LogP contribution in [0, 0.1) is 0 Å². The Kier molecular flexibility index (Phi) is 5.04. The number of hydrogen-bond donors (Lipinski definition) is 2. The molecule has 116 valence electrons. The fourth-order valence-electron chi connectivity index (χ4n) is 3.53. The first-order chi connectivity index (χ1) is 9.40. The van der Waals surface area contributed by atoms with E-state index in [9.17, 15) is 4.79 Å². The highest BCUT2D eigenvalue weighted by Crippen LogP contribution is 2.28. The van der Waals surface area contributed by atoms with Crippen molar-refractivity contribution in [3.05, 3.63) is 0 Å². The highest BCUT2D eigenvalue weighted by atomic mass is 16.1. The van der Waals surface area contributed by atoms with Crippen molar-refractivity contribution in [3.63, 3.8) is 0 Å². The summed E-state index contributed by atoms with van der Waals surface area (Å²) in [5.74, 6) is -0.397. The zero-order chi connectivity index (χ0) is 14.8. The lowest BCUT2D eigenvalue weighted by atomic mass is 9.95. The summed E-state index contributed by atoms with van der Waals surface area (Å²) in [6, 6.07) is 1.54. The molecule has 2 fully saturated rings. The highest BCUT2D eigenvalue weighted by molar-refractivity contribution is 5.83. The molecule has 3 unspecified atom stereocenters. The molecule has 3 atom stereocenters. The van der Waals surface area contributed by atoms with Gasteiger partial charge in [0.15, 0.2) is 0 Å². The third kappa shape index (κ3) is 3.71. The van der Waals surface area contributed by atoms with Crippen LogP contribution in [0.5, 0.6) is 0 Å². The van der Waals surface area contributed by atoms with E-state index < -0.39 is 11.4 Å². The molecule has 4 N–H and O–H groups in total. The van der Waals surface area contributed by atoms with E-state index in [2.05, 4.69) is 16.8 Å². The largest absolute Gasteiger partial charge is 0.368 e. The van der Waals surface area contributed by atoms with Gasteiger partial charge < -0.3 is 16.4 Å². The van der Waals surface area contributed by atoms with Crippen LogP contribution in [0.1, 0.15) is 45.4 Å². The van der Waals surface area contributed by atoms with Crippen LogP contribution >= 0.6 is 0 Å². The van der Waals surface area contributed by atoms with Crippen molar-refractivity contribution in [1.82, 2.24) is 9.80 Å². The summed E-state index contributed by atoms with van der Waals surface area (Å²) in [5.41, 5.74) is 10.3. The molecular formula is C15H30N4O. The van der Waals surface area contributed by atoms with E-state index in [-0.39, 0.29) is 0 Å². The number of nitrogens with two attached hydrogens (primary N) is 2. The molecule has 20 heavy (non-hydrogen) atoms. The molecule has 2 bridgehead atoms. The van der Waals surface area contributed by atoms with Crippen molar-refractivity contribution in [1.29, 1.82) is 0 Å². The number of amides is 1. The third-order valence-corrected chi connectivity index (χ3v) is 5.22. The molecule has 5 nitrogen and oxygen atoms in total. The molecular weight excluding hydrogens is 252 g/mol. The molecule has 0 aromatic heterocycles. The predicted molar refractivity (Wildman–Crippen MR) is 81.3 cm³/mol. The first kappa shape index (κ1) is 15.7. The predicted octanol–water partition coefficient (Wildman–Crippen LogP) is 0.528. The van der Waals surface area contributed by atoms with E-state index in [1.807, 2.05) is 0 Å². The molecule has 0 saturated carbocycles. The van der Waals surface area contributed by atoms with Gasteiger partial charge in [0.2, 0.25) is 5.91 Å². The number of nitrogens with zero attached hydrogens (tertiary/aromatic N) is 2. The Morgan fingerprint density at radius 3 is 2.65 bits per heavy atom. The van der Waals surface area contributed by atoms with E-state index in [1.165, 1.54) is 32.4 Å². The van der Waals surface area contributed by atoms with Crippen molar-refractivity contribution in [2.45, 2.75) is 63.1 Å². The summed E-state index contributed by atoms with van der Waals surface area (Å²) < 4.78 is 0. The first-order valence-corrected chi connectivity index (χ1v) is 7.93. The van der Waals surface area contributed by atoms with Gasteiger partial charge in [0, 0.05) is 18.6 Å². The second kappa shape index (κ2) is 6.41. The van der Waals surface area contributed by atoms with Crippen molar-refractivity contribution in [2.24, 2.45) is 11.5 Å². The fourth-order valence-corrected chi connectivity index (χ4v) is 3.53. The molecule has 2 aliphatic heterocycles. The molecule has 0 aliphatic carbocycles. The van der Waals surface area contributed by atoms with Gasteiger partial charge in [-0.1, -0.05) is 0 Å². The summed E-state index contributed by atoms with van der Waals surface area (Å²) in [6.07, 6.45) is 6.77. The lowest BCUT2D eigenvalue weighted by molar-refractivity contribution is -0.122. The van der Waals surface area contributed by atoms with Gasteiger partial charge in [0.05, 0.1) is 5.54 Å². The summed E-state index contributed by atoms with van der Waals surface area (Å²) in [7, 11) is 2.28. The molecule has 0 radical (unpaired) electrons. The van der Waals surface area contributed by atoms with Crippen LogP contribution in [0.25, 0.3) is 0 Å². The van der Waals surface area contributed by atoms with Gasteiger partial charge in [-0.25, -0.2) is 0 Å². The standard InChI is InChI=1S/C15H30N4O/c1-15(17,14(16)20)8-3-4-9-19-10-7-12-5-6-13(11-19)18(12)2/h12-13H,3-11,17H2,1-2H3,(H2,16,20). The van der Waals surface area contributed by atoms with Crippen LogP contribution in [0.2, 0.25) is 0 Å². The second-order valence-electron chi connectivity index (χ2n) is 6.88. The topological polar surface area (TPSA) is 75.6 Å². The average molecular weight is 282 g/mol. The molecule has 2 rings (SSSR count). The van der Waals surface area contributed by atoms with Gasteiger partial charge in [0.1, 0.15) is 0 Å². The number of likely N-dealkylation sites (N-methyl/N-ethyl adjacent to an activating group) is 1. The maximum absolute atomic E-state index is 11.2. The molecule has 5 heteroatoms. The van der Waals surface area contributed by atoms with E-state index in [1.54, 1.807) is 6.92 Å². The zero-order valence-electron chi connectivity index (χ0n) is 13.0. The van der Waals surface area contributed by atoms with Crippen LogP contribution in [0.4, 0.5) is 0 Å². The Balaban J connectivity index is 1.69. The molecule has 2 saturated heterocycles. The molecule has 2 aliphatic rings. The van der Waals surface area contributed by atoms with Crippen molar-refractivity contribution in [2.75, 3.05) is 26.7 Å². The van der Waals surface area contributed by atoms with Crippen LogP contribution in [-0.2, 0) is 4.79 Å². The van der Waals surface area contributed by atoms with Gasteiger partial charge in [-0.3, -0.25) is 9.69 Å². The maximum atomic E-state index is 11.2. The molecule has 1 amide bonds. The van der Waals surface area contributed by atoms with Crippen LogP contribution in [0.15, 0.2) is 0 Å². The summed E-state index contributed by atoms with van der Waals surface area (Å²) in [5, 5.41) is 0. The third-order valence-electron chi connectivity index (χ3n) is 5.22. The maximum Gasteiger partial charge on any atom is 0.237 e. The lowest BCUT2D eigenvalue weighted by Gasteiger charge is -2.26. The molecule has 0 aromatic rings. The second-order valence-corrected chi connectivity index (χ2v) is 6.88. The number of hydrogen-bond acceptors (Lipinski definition) is 4. The zero-order valence-corrected chi connectivity index (χ0v) is 13.0. The summed E-state index contributed by atoms with van der Waals surface area (Å²) >= 11 is 0. The number of rotatable bonds is 6. The minimum Gasteiger partial charge on any atom is -0.368 e. The van der Waals surface area contributed by atoms with Crippen LogP contribution in [-0.4, -0.2) is 60.0 Å². The Morgan fingerprint density at radius 1 is 1.25 bits per heavy atom. The molecule has 0 aromatic carbocycles. The lowest BCUT2D eigenvalue weighted by Crippen LogP contribution is -2.49. The van der Waals surface area contributed by atoms with Gasteiger partial charge in [-0.15, -0.1) is 0 Å². The SMILES string of the molecule is CN1C2CCC1CN(CCCCC(C)(N)C(N)=O)CC2. The Morgan fingerprint density at radius 2 is 1.95 bits per heavy atom. The van der Waals surface area contributed by atoms with E-state index in [4.69, 9.17) is 11.5 Å². The van der Waals surface area contributed by atoms with Gasteiger partial charge in [0.25, 0.3) is 0 Å². The Hall–Kier alpha value is -0.650. The van der Waals surface area contributed by atoms with Crippen molar-refractivity contribution < 1.29 is 4.79 Å². The van der Waals surface area contributed by atoms with E-state index in [0.717, 1.165) is 31.5 Å². The quantitative estimate of drug-likeness (QED) is 0.697. The van der Waals surface area contributed by atoms with Crippen molar-refractivity contribution in [3.8, 4) is 0 Å². The monoisotopic (exact) mass is 282 g/mol. The van der Waals surface area contributed by atoms with Gasteiger partial charge in [-0.2, -0.15) is 0 Å².